The van der Waals surface area contributed by atoms with Crippen LogP contribution in [-0.2, 0) is 17.8 Å². The lowest BCUT2D eigenvalue weighted by atomic mass is 9.98. The summed E-state index contributed by atoms with van der Waals surface area (Å²) in [6.45, 7) is 1.82. The maximum absolute atomic E-state index is 12.5. The Labute approximate surface area is 147 Å². The van der Waals surface area contributed by atoms with E-state index < -0.39 is 0 Å². The normalized spacial score (nSPS) is 13.1. The summed E-state index contributed by atoms with van der Waals surface area (Å²) in [7, 11) is 3.25. The van der Waals surface area contributed by atoms with E-state index in [1.807, 2.05) is 17.0 Å². The summed E-state index contributed by atoms with van der Waals surface area (Å²) >= 11 is 0. The van der Waals surface area contributed by atoms with E-state index in [-0.39, 0.29) is 5.91 Å². The molecule has 1 aromatic carbocycles. The average molecular weight is 342 g/mol. The second kappa shape index (κ2) is 7.83. The highest BCUT2D eigenvalue weighted by Gasteiger charge is 2.22. The second-order valence-electron chi connectivity index (χ2n) is 5.79. The predicted molar refractivity (Wildman–Crippen MR) is 93.8 cm³/mol. The minimum Gasteiger partial charge on any atom is -0.493 e. The molecule has 0 saturated heterocycles. The lowest BCUT2D eigenvalue weighted by Crippen LogP contribution is -2.36. The van der Waals surface area contributed by atoms with Crippen molar-refractivity contribution in [2.45, 2.75) is 19.4 Å². The quantitative estimate of drug-likeness (QED) is 0.864. The van der Waals surface area contributed by atoms with Crippen LogP contribution in [0.2, 0.25) is 0 Å². The van der Waals surface area contributed by atoms with Gasteiger partial charge in [0.1, 0.15) is 0 Å². The number of aromatic nitrogens is 2. The van der Waals surface area contributed by atoms with Crippen molar-refractivity contribution in [1.29, 1.82) is 0 Å². The minimum absolute atomic E-state index is 0.115. The molecule has 1 aliphatic rings. The lowest BCUT2D eigenvalue weighted by molar-refractivity contribution is -0.131. The van der Waals surface area contributed by atoms with E-state index in [1.165, 1.54) is 5.56 Å². The molecule has 3 rings (SSSR count). The van der Waals surface area contributed by atoms with Crippen molar-refractivity contribution >= 4 is 11.9 Å². The number of anilines is 1. The number of rotatable bonds is 6. The Morgan fingerprint density at radius 3 is 2.52 bits per heavy atom. The summed E-state index contributed by atoms with van der Waals surface area (Å²) in [5, 5.41) is 3.06. The van der Waals surface area contributed by atoms with Crippen LogP contribution in [0.25, 0.3) is 0 Å². The summed E-state index contributed by atoms with van der Waals surface area (Å²) in [5.74, 6) is 2.08. The van der Waals surface area contributed by atoms with Crippen LogP contribution in [0.4, 0.5) is 5.95 Å². The van der Waals surface area contributed by atoms with Crippen LogP contribution in [-0.4, -0.2) is 48.1 Å². The van der Waals surface area contributed by atoms with E-state index in [1.54, 1.807) is 32.7 Å². The summed E-state index contributed by atoms with van der Waals surface area (Å²) < 4.78 is 10.7. The van der Waals surface area contributed by atoms with Crippen LogP contribution >= 0.6 is 0 Å². The van der Waals surface area contributed by atoms with Crippen molar-refractivity contribution in [2.75, 3.05) is 32.6 Å². The van der Waals surface area contributed by atoms with E-state index in [0.29, 0.717) is 37.8 Å². The second-order valence-corrected chi connectivity index (χ2v) is 5.79. The van der Waals surface area contributed by atoms with Gasteiger partial charge >= 0.3 is 0 Å². The van der Waals surface area contributed by atoms with Crippen molar-refractivity contribution in [1.82, 2.24) is 14.9 Å². The molecule has 0 spiro atoms. The molecule has 0 fully saturated rings. The lowest BCUT2D eigenvalue weighted by Gasteiger charge is -2.29. The van der Waals surface area contributed by atoms with E-state index in [2.05, 4.69) is 15.3 Å². The third-order valence-corrected chi connectivity index (χ3v) is 4.26. The Hall–Kier alpha value is -2.83. The minimum atomic E-state index is 0.115. The molecule has 0 unspecified atom stereocenters. The van der Waals surface area contributed by atoms with Crippen LogP contribution in [0, 0.1) is 0 Å². The monoisotopic (exact) mass is 342 g/mol. The van der Waals surface area contributed by atoms with Gasteiger partial charge in [0.2, 0.25) is 11.9 Å². The maximum atomic E-state index is 12.5. The van der Waals surface area contributed by atoms with Crippen molar-refractivity contribution in [3.8, 4) is 11.5 Å². The maximum Gasteiger partial charge on any atom is 0.224 e. The standard InChI is InChI=1S/C18H22N4O3/c1-24-15-10-13-5-9-22(12-14(13)11-16(15)25-2)17(23)4-8-21-18-19-6-3-7-20-18/h3,6-7,10-11H,4-5,8-9,12H2,1-2H3,(H,19,20,21). The number of methoxy groups -OCH3 is 2. The molecule has 1 aromatic heterocycles. The van der Waals surface area contributed by atoms with E-state index >= 15 is 0 Å². The van der Waals surface area contributed by atoms with Crippen LogP contribution in [0.15, 0.2) is 30.6 Å². The molecular weight excluding hydrogens is 320 g/mol. The van der Waals surface area contributed by atoms with Crippen molar-refractivity contribution < 1.29 is 14.3 Å². The molecule has 0 bridgehead atoms. The fraction of sp³-hybridized carbons (Fsp3) is 0.389. The Morgan fingerprint density at radius 2 is 1.84 bits per heavy atom. The number of nitrogens with zero attached hydrogens (tertiary/aromatic N) is 3. The molecular formula is C18H22N4O3. The smallest absolute Gasteiger partial charge is 0.224 e. The van der Waals surface area contributed by atoms with Crippen LogP contribution < -0.4 is 14.8 Å². The molecule has 0 atom stereocenters. The molecule has 7 nitrogen and oxygen atoms in total. The third-order valence-electron chi connectivity index (χ3n) is 4.26. The van der Waals surface area contributed by atoms with E-state index in [4.69, 9.17) is 9.47 Å². The highest BCUT2D eigenvalue weighted by Crippen LogP contribution is 2.33. The van der Waals surface area contributed by atoms with Crippen molar-refractivity contribution in [2.24, 2.45) is 0 Å². The Balaban J connectivity index is 1.59. The largest absolute Gasteiger partial charge is 0.493 e. The zero-order valence-corrected chi connectivity index (χ0v) is 14.5. The zero-order valence-electron chi connectivity index (χ0n) is 14.5. The molecule has 7 heteroatoms. The van der Waals surface area contributed by atoms with Gasteiger partial charge in [0.25, 0.3) is 0 Å². The Kier molecular flexibility index (Phi) is 5.33. The van der Waals surface area contributed by atoms with Crippen molar-refractivity contribution in [3.63, 3.8) is 0 Å². The molecule has 1 amide bonds. The van der Waals surface area contributed by atoms with E-state index in [0.717, 1.165) is 17.7 Å². The molecule has 2 aromatic rings. The van der Waals surface area contributed by atoms with Gasteiger partial charge in [-0.15, -0.1) is 0 Å². The number of benzene rings is 1. The van der Waals surface area contributed by atoms with Gasteiger partial charge in [-0.25, -0.2) is 9.97 Å². The Morgan fingerprint density at radius 1 is 1.16 bits per heavy atom. The van der Waals surface area contributed by atoms with Gasteiger partial charge in [-0.1, -0.05) is 0 Å². The van der Waals surface area contributed by atoms with Gasteiger partial charge in [0.05, 0.1) is 14.2 Å². The van der Waals surface area contributed by atoms with Crippen LogP contribution in [0.1, 0.15) is 17.5 Å². The first kappa shape index (κ1) is 17.0. The van der Waals surface area contributed by atoms with Gasteiger partial charge in [-0.3, -0.25) is 4.79 Å². The highest BCUT2D eigenvalue weighted by atomic mass is 16.5. The summed E-state index contributed by atoms with van der Waals surface area (Å²) in [6, 6.07) is 5.72. The van der Waals surface area contributed by atoms with Gasteiger partial charge < -0.3 is 19.7 Å². The highest BCUT2D eigenvalue weighted by molar-refractivity contribution is 5.77. The fourth-order valence-corrected chi connectivity index (χ4v) is 2.93. The molecule has 0 radical (unpaired) electrons. The number of ether oxygens (including phenoxy) is 2. The zero-order chi connectivity index (χ0) is 17.6. The number of hydrogen-bond acceptors (Lipinski definition) is 6. The number of carbonyl (C=O) groups excluding carboxylic acids is 1. The molecule has 25 heavy (non-hydrogen) atoms. The molecule has 0 saturated carbocycles. The molecule has 0 aliphatic carbocycles. The summed E-state index contributed by atoms with van der Waals surface area (Å²) in [5.41, 5.74) is 2.31. The number of fused-ring (bicyclic) bond motifs is 1. The molecule has 2 heterocycles. The van der Waals surface area contributed by atoms with Gasteiger partial charge in [0, 0.05) is 38.4 Å². The number of carbonyl (C=O) groups is 1. The predicted octanol–water partition coefficient (Wildman–Crippen LogP) is 1.88. The fourth-order valence-electron chi connectivity index (χ4n) is 2.93. The van der Waals surface area contributed by atoms with Gasteiger partial charge in [0.15, 0.2) is 11.5 Å². The molecule has 1 aliphatic heterocycles. The first-order chi connectivity index (χ1) is 12.2. The number of nitrogens with one attached hydrogen (secondary N) is 1. The Bertz CT molecular complexity index is 737. The topological polar surface area (TPSA) is 76.6 Å². The first-order valence-electron chi connectivity index (χ1n) is 8.23. The van der Waals surface area contributed by atoms with Gasteiger partial charge in [-0.2, -0.15) is 0 Å². The summed E-state index contributed by atoms with van der Waals surface area (Å²) in [4.78, 5) is 22.5. The average Bonchev–Trinajstić information content (AvgIpc) is 2.67. The summed E-state index contributed by atoms with van der Waals surface area (Å²) in [6.07, 6.45) is 4.55. The van der Waals surface area contributed by atoms with Crippen molar-refractivity contribution in [3.05, 3.63) is 41.7 Å². The van der Waals surface area contributed by atoms with Crippen LogP contribution in [0.5, 0.6) is 11.5 Å². The van der Waals surface area contributed by atoms with Crippen LogP contribution in [0.3, 0.4) is 0 Å². The molecule has 132 valence electrons. The first-order valence-corrected chi connectivity index (χ1v) is 8.23. The van der Waals surface area contributed by atoms with Gasteiger partial charge in [-0.05, 0) is 35.7 Å². The number of amides is 1. The molecule has 1 N–H and O–H groups in total. The SMILES string of the molecule is COc1cc2c(cc1OC)CN(C(=O)CCNc1ncccn1)CC2. The third kappa shape index (κ3) is 3.99. The number of hydrogen-bond donors (Lipinski definition) is 1. The van der Waals surface area contributed by atoms with E-state index in [9.17, 15) is 4.79 Å².